The first-order valence-corrected chi connectivity index (χ1v) is 9.75. The topological polar surface area (TPSA) is 63.6 Å². The number of ether oxygens (including phenoxy) is 1. The van der Waals surface area contributed by atoms with Crippen molar-refractivity contribution < 1.29 is 19.4 Å². The highest BCUT2D eigenvalue weighted by molar-refractivity contribution is 5.80. The first kappa shape index (κ1) is 22.7. The molecule has 0 saturated heterocycles. The number of rotatable bonds is 17. The van der Waals surface area contributed by atoms with Gasteiger partial charge in [-0.05, 0) is 6.42 Å². The molecule has 0 heterocycles. The molecular formula is C20H36O4. The largest absolute Gasteiger partial charge is 0.478 e. The first-order chi connectivity index (χ1) is 11.7. The Hall–Kier alpha value is -1.32. The first-order valence-electron chi connectivity index (χ1n) is 9.75. The van der Waals surface area contributed by atoms with Crippen LogP contribution in [-0.4, -0.2) is 17.0 Å². The maximum atomic E-state index is 11.3. The van der Waals surface area contributed by atoms with Gasteiger partial charge in [-0.2, -0.15) is 0 Å². The lowest BCUT2D eigenvalue weighted by Crippen LogP contribution is -2.00. The number of carboxylic acid groups (broad SMARTS) is 1. The zero-order valence-electron chi connectivity index (χ0n) is 15.4. The van der Waals surface area contributed by atoms with Gasteiger partial charge in [-0.3, -0.25) is 4.79 Å². The van der Waals surface area contributed by atoms with Crippen molar-refractivity contribution in [1.29, 1.82) is 0 Å². The Bertz CT molecular complexity index is 337. The second-order valence-corrected chi connectivity index (χ2v) is 6.48. The summed E-state index contributed by atoms with van der Waals surface area (Å²) in [5.74, 6) is -1.47. The van der Waals surface area contributed by atoms with Crippen LogP contribution in [0.25, 0.3) is 0 Å². The van der Waals surface area contributed by atoms with Gasteiger partial charge in [0.1, 0.15) is 6.26 Å². The summed E-state index contributed by atoms with van der Waals surface area (Å²) in [5, 5.41) is 8.36. The van der Waals surface area contributed by atoms with Crippen molar-refractivity contribution in [3.05, 3.63) is 12.3 Å². The Morgan fingerprint density at radius 1 is 0.750 bits per heavy atom. The molecule has 0 rings (SSSR count). The van der Waals surface area contributed by atoms with Crippen molar-refractivity contribution >= 4 is 11.9 Å². The highest BCUT2D eigenvalue weighted by atomic mass is 16.5. The molecule has 0 unspecified atom stereocenters. The molecule has 0 spiro atoms. The van der Waals surface area contributed by atoms with Gasteiger partial charge >= 0.3 is 11.9 Å². The molecule has 0 aliphatic rings. The van der Waals surface area contributed by atoms with Gasteiger partial charge in [0.15, 0.2) is 0 Å². The average molecular weight is 341 g/mol. The SMILES string of the molecule is CCCCCCCCCCCCCCCCC(=O)O/C=C/C(=O)O. The van der Waals surface area contributed by atoms with E-state index in [4.69, 9.17) is 5.11 Å². The molecule has 24 heavy (non-hydrogen) atoms. The summed E-state index contributed by atoms with van der Waals surface area (Å²) < 4.78 is 4.67. The van der Waals surface area contributed by atoms with E-state index in [2.05, 4.69) is 11.7 Å². The molecule has 4 nitrogen and oxygen atoms in total. The predicted octanol–water partition coefficient (Wildman–Crippen LogP) is 6.00. The highest BCUT2D eigenvalue weighted by Gasteiger charge is 2.01. The molecule has 4 heteroatoms. The number of carbonyl (C=O) groups is 2. The lowest BCUT2D eigenvalue weighted by molar-refractivity contribution is -0.138. The van der Waals surface area contributed by atoms with Gasteiger partial charge in [-0.1, -0.05) is 90.4 Å². The van der Waals surface area contributed by atoms with Crippen molar-refractivity contribution in [2.45, 2.75) is 103 Å². The van der Waals surface area contributed by atoms with Crippen molar-refractivity contribution in [2.24, 2.45) is 0 Å². The summed E-state index contributed by atoms with van der Waals surface area (Å²) in [7, 11) is 0. The van der Waals surface area contributed by atoms with Gasteiger partial charge in [-0.15, -0.1) is 0 Å². The van der Waals surface area contributed by atoms with Crippen molar-refractivity contribution in [1.82, 2.24) is 0 Å². The Kier molecular flexibility index (Phi) is 17.0. The van der Waals surface area contributed by atoms with Crippen LogP contribution in [0.15, 0.2) is 12.3 Å². The third-order valence-electron chi connectivity index (χ3n) is 4.14. The summed E-state index contributed by atoms with van der Waals surface area (Å²) in [4.78, 5) is 21.5. The molecule has 0 fully saturated rings. The third-order valence-corrected chi connectivity index (χ3v) is 4.14. The molecule has 0 radical (unpaired) electrons. The molecule has 0 aromatic rings. The van der Waals surface area contributed by atoms with E-state index < -0.39 is 5.97 Å². The summed E-state index contributed by atoms with van der Waals surface area (Å²) in [5.41, 5.74) is 0. The number of aliphatic carboxylic acids is 1. The van der Waals surface area contributed by atoms with Crippen LogP contribution in [0.1, 0.15) is 103 Å². The van der Waals surface area contributed by atoms with Crippen molar-refractivity contribution in [3.8, 4) is 0 Å². The lowest BCUT2D eigenvalue weighted by Gasteiger charge is -2.03. The van der Waals surface area contributed by atoms with E-state index in [0.717, 1.165) is 31.6 Å². The predicted molar refractivity (Wildman–Crippen MR) is 97.8 cm³/mol. The fourth-order valence-electron chi connectivity index (χ4n) is 2.69. The van der Waals surface area contributed by atoms with E-state index >= 15 is 0 Å². The van der Waals surface area contributed by atoms with E-state index in [1.807, 2.05) is 0 Å². The molecule has 0 saturated carbocycles. The molecule has 0 aliphatic heterocycles. The summed E-state index contributed by atoms with van der Waals surface area (Å²) >= 11 is 0. The second-order valence-electron chi connectivity index (χ2n) is 6.48. The van der Waals surface area contributed by atoms with Gasteiger partial charge < -0.3 is 9.84 Å². The smallest absolute Gasteiger partial charge is 0.331 e. The number of carboxylic acids is 1. The molecule has 0 atom stereocenters. The Labute approximate surface area is 147 Å². The van der Waals surface area contributed by atoms with Gasteiger partial charge in [0.05, 0.1) is 6.08 Å². The second kappa shape index (κ2) is 18.0. The van der Waals surface area contributed by atoms with E-state index in [9.17, 15) is 9.59 Å². The van der Waals surface area contributed by atoms with Crippen LogP contribution >= 0.6 is 0 Å². The maximum Gasteiger partial charge on any atom is 0.331 e. The number of unbranched alkanes of at least 4 members (excludes halogenated alkanes) is 13. The average Bonchev–Trinajstić information content (AvgIpc) is 2.55. The van der Waals surface area contributed by atoms with Crippen LogP contribution in [0.4, 0.5) is 0 Å². The fourth-order valence-corrected chi connectivity index (χ4v) is 2.69. The summed E-state index contributed by atoms with van der Waals surface area (Å²) in [6.45, 7) is 2.26. The van der Waals surface area contributed by atoms with Crippen LogP contribution < -0.4 is 0 Å². The van der Waals surface area contributed by atoms with Gasteiger partial charge in [-0.25, -0.2) is 4.79 Å². The van der Waals surface area contributed by atoms with Gasteiger partial charge in [0.2, 0.25) is 0 Å². The van der Waals surface area contributed by atoms with E-state index in [0.29, 0.717) is 6.42 Å². The Balaban J connectivity index is 3.17. The zero-order valence-corrected chi connectivity index (χ0v) is 15.4. The van der Waals surface area contributed by atoms with Crippen LogP contribution in [-0.2, 0) is 14.3 Å². The standard InChI is InChI=1S/C20H36O4/c1-2-3-4-5-6-7-8-9-10-11-12-13-14-15-16-20(23)24-18-17-19(21)22/h17-18H,2-16H2,1H3,(H,21,22)/b18-17+. The Morgan fingerprint density at radius 3 is 1.58 bits per heavy atom. The van der Waals surface area contributed by atoms with Gasteiger partial charge in [0.25, 0.3) is 0 Å². The molecule has 0 bridgehead atoms. The minimum Gasteiger partial charge on any atom is -0.478 e. The van der Waals surface area contributed by atoms with Crippen LogP contribution in [0.5, 0.6) is 0 Å². The molecule has 140 valence electrons. The van der Waals surface area contributed by atoms with Crippen molar-refractivity contribution in [2.75, 3.05) is 0 Å². The molecule has 0 amide bonds. The number of hydrogen-bond donors (Lipinski definition) is 1. The molecule has 0 aromatic carbocycles. The minimum absolute atomic E-state index is 0.355. The highest BCUT2D eigenvalue weighted by Crippen LogP contribution is 2.13. The van der Waals surface area contributed by atoms with Crippen LogP contribution in [0.2, 0.25) is 0 Å². The zero-order chi connectivity index (χ0) is 17.9. The fraction of sp³-hybridized carbons (Fsp3) is 0.800. The normalized spacial score (nSPS) is 11.0. The van der Waals surface area contributed by atoms with E-state index in [1.165, 1.54) is 70.6 Å². The molecule has 0 aromatic heterocycles. The van der Waals surface area contributed by atoms with Crippen molar-refractivity contribution in [3.63, 3.8) is 0 Å². The van der Waals surface area contributed by atoms with Crippen LogP contribution in [0, 0.1) is 0 Å². The maximum absolute atomic E-state index is 11.3. The number of carbonyl (C=O) groups excluding carboxylic acids is 1. The summed E-state index contributed by atoms with van der Waals surface area (Å²) in [6, 6.07) is 0. The Morgan fingerprint density at radius 2 is 1.17 bits per heavy atom. The molecule has 1 N–H and O–H groups in total. The third kappa shape index (κ3) is 18.7. The van der Waals surface area contributed by atoms with Gasteiger partial charge in [0, 0.05) is 6.42 Å². The summed E-state index contributed by atoms with van der Waals surface area (Å²) in [6.07, 6.45) is 20.0. The number of esters is 1. The minimum atomic E-state index is -1.11. The molecule has 0 aliphatic carbocycles. The van der Waals surface area contributed by atoms with Crippen LogP contribution in [0.3, 0.4) is 0 Å². The van der Waals surface area contributed by atoms with E-state index in [-0.39, 0.29) is 5.97 Å². The monoisotopic (exact) mass is 340 g/mol. The number of hydrogen-bond acceptors (Lipinski definition) is 3. The molecular weight excluding hydrogens is 304 g/mol. The van der Waals surface area contributed by atoms with E-state index in [1.54, 1.807) is 0 Å². The lowest BCUT2D eigenvalue weighted by atomic mass is 10.0. The quantitative estimate of drug-likeness (QED) is 0.153.